The first kappa shape index (κ1) is 27.5. The minimum Gasteiger partial charge on any atom is -0.303 e. The third-order valence-electron chi connectivity index (χ3n) is 10.4. The second-order valence-corrected chi connectivity index (χ2v) is 14.2. The number of anilines is 3. The van der Waals surface area contributed by atoms with Gasteiger partial charge in [0.25, 0.3) is 0 Å². The highest BCUT2D eigenvalue weighted by atomic mass is 32.1. The standard InChI is InChI=1S/C48H27NS/c1-2-10-30(11-3-1)31-20-22-32(23-21-31)49(34-25-27-38-37-13-6-7-19-45(37)50-46(38)29-34)33-24-26-36-41-16-9-17-42-43-18-8-15-40(48(43)44(36)28-33)35-12-4-5-14-39(35)47(41)42/h1-23,25,27-29H. The lowest BCUT2D eigenvalue weighted by Crippen LogP contribution is -2.10. The van der Waals surface area contributed by atoms with Gasteiger partial charge in [-0.05, 0) is 98.1 Å². The lowest BCUT2D eigenvalue weighted by Gasteiger charge is -2.26. The highest BCUT2D eigenvalue weighted by Crippen LogP contribution is 2.57. The van der Waals surface area contributed by atoms with Crippen LogP contribution in [-0.2, 0) is 0 Å². The van der Waals surface area contributed by atoms with Crippen molar-refractivity contribution in [3.8, 4) is 66.8 Å². The summed E-state index contributed by atoms with van der Waals surface area (Å²) in [6.07, 6.45) is 0. The van der Waals surface area contributed by atoms with Gasteiger partial charge in [-0.15, -0.1) is 11.3 Å². The number of hydrogen-bond acceptors (Lipinski definition) is 2. The summed E-state index contributed by atoms with van der Waals surface area (Å²) in [5, 5.41) is 2.59. The van der Waals surface area contributed by atoms with Gasteiger partial charge in [0.2, 0.25) is 0 Å². The number of nitrogens with zero attached hydrogens (tertiary/aromatic N) is 1. The zero-order valence-electron chi connectivity index (χ0n) is 26.9. The van der Waals surface area contributed by atoms with Crippen molar-refractivity contribution in [1.82, 2.24) is 0 Å². The number of benzene rings is 7. The number of hydrogen-bond donors (Lipinski definition) is 0. The van der Waals surface area contributed by atoms with E-state index in [-0.39, 0.29) is 0 Å². The summed E-state index contributed by atoms with van der Waals surface area (Å²) >= 11 is 1.85. The normalized spacial score (nSPS) is 11.8. The van der Waals surface area contributed by atoms with Crippen molar-refractivity contribution in [2.24, 2.45) is 0 Å². The van der Waals surface area contributed by atoms with Gasteiger partial charge < -0.3 is 4.90 Å². The van der Waals surface area contributed by atoms with Crippen molar-refractivity contribution in [3.63, 3.8) is 0 Å². The summed E-state index contributed by atoms with van der Waals surface area (Å²) in [4.78, 5) is 2.35. The molecule has 0 saturated heterocycles. The largest absolute Gasteiger partial charge is 0.303 e. The number of rotatable bonds is 4. The van der Waals surface area contributed by atoms with Gasteiger partial charge in [0.15, 0.2) is 0 Å². The average Bonchev–Trinajstić information content (AvgIpc) is 3.50. The molecule has 0 aliphatic heterocycles. The summed E-state index contributed by atoms with van der Waals surface area (Å²) in [5.74, 6) is 0. The van der Waals surface area contributed by atoms with Gasteiger partial charge in [-0.2, -0.15) is 0 Å². The summed E-state index contributed by atoms with van der Waals surface area (Å²) in [6, 6.07) is 67.2. The summed E-state index contributed by atoms with van der Waals surface area (Å²) in [6.45, 7) is 0. The van der Waals surface area contributed by atoms with Crippen LogP contribution in [0.5, 0.6) is 0 Å². The smallest absolute Gasteiger partial charge is 0.0980 e. The maximum absolute atomic E-state index is 3.73. The SMILES string of the molecule is c1c(N(c2ccc(-c3ccccc3)cc2)c2ccc3c(c2)sc2ccccc23)cc2c(c#1)-c1cccc3c1-c1ccccc1-c1cccc-3c1-2. The van der Waals surface area contributed by atoms with Crippen molar-refractivity contribution in [2.75, 3.05) is 4.90 Å². The van der Waals surface area contributed by atoms with Crippen LogP contribution in [0.1, 0.15) is 0 Å². The first-order valence-corrected chi connectivity index (χ1v) is 17.8. The molecule has 1 aromatic heterocycles. The van der Waals surface area contributed by atoms with E-state index in [1.54, 1.807) is 0 Å². The van der Waals surface area contributed by atoms with Crippen molar-refractivity contribution in [1.29, 1.82) is 0 Å². The molecule has 2 heteroatoms. The molecule has 8 aromatic carbocycles. The molecular weight excluding hydrogens is 623 g/mol. The van der Waals surface area contributed by atoms with Gasteiger partial charge >= 0.3 is 0 Å². The van der Waals surface area contributed by atoms with E-state index < -0.39 is 0 Å². The van der Waals surface area contributed by atoms with Gasteiger partial charge in [0, 0.05) is 42.7 Å². The molecule has 0 unspecified atom stereocenters. The molecule has 2 aliphatic rings. The molecule has 9 aromatic rings. The molecule has 0 saturated carbocycles. The van der Waals surface area contributed by atoms with Gasteiger partial charge in [0.05, 0.1) is 5.69 Å². The second-order valence-electron chi connectivity index (χ2n) is 13.1. The van der Waals surface area contributed by atoms with Crippen molar-refractivity contribution in [2.45, 2.75) is 0 Å². The summed E-state index contributed by atoms with van der Waals surface area (Å²) in [5.41, 5.74) is 17.9. The zero-order valence-corrected chi connectivity index (χ0v) is 27.8. The molecule has 50 heavy (non-hydrogen) atoms. The average molecular weight is 650 g/mol. The van der Waals surface area contributed by atoms with Gasteiger partial charge in [0.1, 0.15) is 0 Å². The van der Waals surface area contributed by atoms with Crippen molar-refractivity contribution < 1.29 is 0 Å². The van der Waals surface area contributed by atoms with Crippen LogP contribution in [0.2, 0.25) is 0 Å². The first-order valence-electron chi connectivity index (χ1n) is 17.0. The van der Waals surface area contributed by atoms with E-state index in [0.717, 1.165) is 22.6 Å². The summed E-state index contributed by atoms with van der Waals surface area (Å²) < 4.78 is 2.58. The van der Waals surface area contributed by atoms with E-state index in [4.69, 9.17) is 0 Å². The first-order chi connectivity index (χ1) is 24.8. The Morgan fingerprint density at radius 2 is 0.980 bits per heavy atom. The predicted molar refractivity (Wildman–Crippen MR) is 211 cm³/mol. The van der Waals surface area contributed by atoms with E-state index in [9.17, 15) is 0 Å². The Morgan fingerprint density at radius 1 is 0.380 bits per heavy atom. The maximum atomic E-state index is 3.73. The number of fused-ring (bicyclic) bond motifs is 7. The van der Waals surface area contributed by atoms with Crippen LogP contribution >= 0.6 is 11.3 Å². The maximum Gasteiger partial charge on any atom is 0.0980 e. The highest BCUT2D eigenvalue weighted by molar-refractivity contribution is 7.25. The molecule has 6 bridgehead atoms. The monoisotopic (exact) mass is 649 g/mol. The van der Waals surface area contributed by atoms with Gasteiger partial charge in [-0.3, -0.25) is 0 Å². The molecule has 0 amide bonds. The second kappa shape index (κ2) is 10.5. The molecule has 2 aliphatic carbocycles. The molecular formula is C48H27NS. The van der Waals surface area contributed by atoms with Crippen LogP contribution in [0.3, 0.4) is 0 Å². The van der Waals surface area contributed by atoms with Crippen LogP contribution < -0.4 is 4.90 Å². The Balaban J connectivity index is 1.15. The Bertz CT molecular complexity index is 2780. The minimum atomic E-state index is 0.961. The fraction of sp³-hybridized carbons (Fsp3) is 0. The fourth-order valence-corrected chi connectivity index (χ4v) is 9.33. The van der Waals surface area contributed by atoms with E-state index in [2.05, 4.69) is 181 Å². The quantitative estimate of drug-likeness (QED) is 0.183. The molecule has 1 heterocycles. The molecule has 0 radical (unpaired) electrons. The van der Waals surface area contributed by atoms with Crippen LogP contribution in [0.4, 0.5) is 17.1 Å². The van der Waals surface area contributed by atoms with Crippen LogP contribution in [0.25, 0.3) is 86.9 Å². The van der Waals surface area contributed by atoms with Crippen LogP contribution in [0.15, 0.2) is 164 Å². The Hall–Kier alpha value is -6.40. The topological polar surface area (TPSA) is 3.24 Å². The number of thiophene rings is 1. The van der Waals surface area contributed by atoms with E-state index in [1.165, 1.54) is 81.4 Å². The predicted octanol–water partition coefficient (Wildman–Crippen LogP) is 13.8. The van der Waals surface area contributed by atoms with Crippen LogP contribution in [0, 0.1) is 12.1 Å². The minimum absolute atomic E-state index is 0.961. The van der Waals surface area contributed by atoms with Crippen LogP contribution in [-0.4, -0.2) is 0 Å². The molecule has 0 atom stereocenters. The Kier molecular flexibility index (Phi) is 5.81. The lowest BCUT2D eigenvalue weighted by molar-refractivity contribution is 1.29. The van der Waals surface area contributed by atoms with E-state index in [0.29, 0.717) is 0 Å². The molecule has 11 rings (SSSR count). The van der Waals surface area contributed by atoms with Crippen molar-refractivity contribution >= 4 is 48.6 Å². The zero-order chi connectivity index (χ0) is 32.8. The van der Waals surface area contributed by atoms with Gasteiger partial charge in [-0.25, -0.2) is 0 Å². The Morgan fingerprint density at radius 3 is 1.80 bits per heavy atom. The molecule has 0 N–H and O–H groups in total. The summed E-state index contributed by atoms with van der Waals surface area (Å²) in [7, 11) is 0. The molecule has 0 spiro atoms. The van der Waals surface area contributed by atoms with Gasteiger partial charge in [-0.1, -0.05) is 133 Å². The Labute approximate surface area is 295 Å². The fourth-order valence-electron chi connectivity index (χ4n) is 8.19. The third-order valence-corrected chi connectivity index (χ3v) is 11.5. The highest BCUT2D eigenvalue weighted by Gasteiger charge is 2.31. The molecule has 0 fully saturated rings. The van der Waals surface area contributed by atoms with Crippen molar-refractivity contribution in [3.05, 3.63) is 176 Å². The van der Waals surface area contributed by atoms with E-state index in [1.807, 2.05) is 11.3 Å². The molecule has 1 nitrogen and oxygen atoms in total. The lowest BCUT2D eigenvalue weighted by atomic mass is 9.84. The molecule has 230 valence electrons. The third kappa shape index (κ3) is 3.96. The van der Waals surface area contributed by atoms with E-state index >= 15 is 0 Å².